The van der Waals surface area contributed by atoms with Crippen molar-refractivity contribution in [3.63, 3.8) is 0 Å². The first-order chi connectivity index (χ1) is 63.4. The lowest BCUT2D eigenvalue weighted by molar-refractivity contribution is 0.454. The van der Waals surface area contributed by atoms with Crippen molar-refractivity contribution in [3.8, 4) is 155 Å². The highest BCUT2D eigenvalue weighted by Crippen LogP contribution is 2.45. The number of fused-ring (bicyclic) bond motifs is 15. The monoisotopic (exact) mass is 1750 g/mol. The summed E-state index contributed by atoms with van der Waals surface area (Å²) in [5.41, 5.74) is 14.8. The molecule has 28 heteroatoms. The van der Waals surface area contributed by atoms with E-state index in [0.29, 0.717) is 72.4 Å². The van der Waals surface area contributed by atoms with Crippen LogP contribution in [0.25, 0.3) is 199 Å². The molecule has 0 radical (unpaired) electrons. The van der Waals surface area contributed by atoms with Crippen molar-refractivity contribution in [1.82, 2.24) is 41.2 Å². The molecule has 18 nitrogen and oxygen atoms in total. The molecule has 0 aliphatic carbocycles. The van der Waals surface area contributed by atoms with Crippen molar-refractivity contribution < 1.29 is 30.7 Å². The number of hydrogen-bond donors (Lipinski definition) is 0. The molecule has 130 heavy (non-hydrogen) atoms. The van der Waals surface area contributed by atoms with E-state index >= 15 is 8.78 Å². The van der Waals surface area contributed by atoms with Gasteiger partial charge in [0.1, 0.15) is 68.0 Å². The van der Waals surface area contributed by atoms with Gasteiger partial charge in [-0.1, -0.05) is 146 Å². The Morgan fingerprint density at radius 2 is 0.462 bits per heavy atom. The molecule has 0 saturated heterocycles. The highest BCUT2D eigenvalue weighted by molar-refractivity contribution is 7.00. The topological polar surface area (TPSA) is 330 Å². The number of rotatable bonds is 9. The number of aromatic nitrogens is 9. The van der Waals surface area contributed by atoms with E-state index in [2.05, 4.69) is 68.7 Å². The quantitative estimate of drug-likeness (QED) is 0.0736. The molecule has 0 atom stereocenters. The second-order valence-electron chi connectivity index (χ2n) is 29.4. The van der Waals surface area contributed by atoms with Crippen LogP contribution in [0.2, 0.25) is 0 Å². The highest BCUT2D eigenvalue weighted by atomic mass is 32.1. The SMILES string of the molecule is N#Cc1ccc(-c2ccc3c(c2)nc(-c2ccc(-c4c(C#N)cc(C#N)cc4C#N)cc2)c2ccc4nsnc4c23)cc1.N#Cc1ccc(-c2ccc3c(c2)nc(-c2ccc(-c4c(F)c(C#N)c(F)c(C#N)c4F)cc2)c2ccc4nsnc4c23)cc1.N#Cc1ccc(-c2ccc3c(c2)nc(-c2ccc(-c4c(F)c(F)c(C#N)c(F)c4F)cc2)c2ccc4nsnc4c23)cc1. The molecule has 0 spiro atoms. The molecule has 0 fully saturated rings. The molecule has 21 aromatic rings. The van der Waals surface area contributed by atoms with Crippen LogP contribution < -0.4 is 0 Å². The lowest BCUT2D eigenvalue weighted by Gasteiger charge is -2.13. The number of benzene rings is 15. The zero-order valence-corrected chi connectivity index (χ0v) is 68.5. The first kappa shape index (κ1) is 81.4. The maximum Gasteiger partial charge on any atom is 0.180 e. The lowest BCUT2D eigenvalue weighted by Crippen LogP contribution is -2.03. The molecular weight excluding hydrogens is 1710 g/mol. The molecule has 6 aromatic heterocycles. The van der Waals surface area contributed by atoms with Crippen molar-refractivity contribution in [2.75, 3.05) is 0 Å². The Morgan fingerprint density at radius 1 is 0.200 bits per heavy atom. The molecule has 0 amide bonds. The molecule has 0 aliphatic heterocycles. The third kappa shape index (κ3) is 14.1. The average Bonchev–Trinajstić information content (AvgIpc) is 1.36. The van der Waals surface area contributed by atoms with Gasteiger partial charge in [-0.15, -0.1) is 0 Å². The summed E-state index contributed by atoms with van der Waals surface area (Å²) in [5.74, 6) is -11.1. The van der Waals surface area contributed by atoms with Crippen LogP contribution >= 0.6 is 35.2 Å². The van der Waals surface area contributed by atoms with E-state index < -0.39 is 68.5 Å². The molecule has 0 aliphatic rings. The van der Waals surface area contributed by atoms with Crippen molar-refractivity contribution in [2.24, 2.45) is 0 Å². The molecule has 0 bridgehead atoms. The normalized spacial score (nSPS) is 11.0. The van der Waals surface area contributed by atoms with Crippen molar-refractivity contribution in [2.45, 2.75) is 0 Å². The Labute approximate surface area is 742 Å². The average molecular weight is 1750 g/mol. The Bertz CT molecular complexity index is 8770. The molecule has 0 N–H and O–H groups in total. The zero-order chi connectivity index (χ0) is 89.9. The number of nitriles is 9. The number of nitrogens with zero attached hydrogens (tertiary/aromatic N) is 18. The number of halogens is 7. The van der Waals surface area contributed by atoms with Gasteiger partial charge in [0.15, 0.2) is 40.7 Å². The molecule has 6 heterocycles. The molecule has 606 valence electrons. The van der Waals surface area contributed by atoms with E-state index in [-0.39, 0.29) is 27.8 Å². The Balaban J connectivity index is 0.000000126. The van der Waals surface area contributed by atoms with Gasteiger partial charge >= 0.3 is 0 Å². The van der Waals surface area contributed by atoms with Crippen LogP contribution in [0.1, 0.15) is 50.1 Å². The smallest absolute Gasteiger partial charge is 0.180 e. The van der Waals surface area contributed by atoms with Crippen LogP contribution in [0, 0.1) is 143 Å². The number of hydrogen-bond acceptors (Lipinski definition) is 21. The summed E-state index contributed by atoms with van der Waals surface area (Å²) in [6.07, 6.45) is 0. The van der Waals surface area contributed by atoms with Crippen LogP contribution in [0.15, 0.2) is 249 Å². The van der Waals surface area contributed by atoms with Crippen molar-refractivity contribution >= 4 is 133 Å². The van der Waals surface area contributed by atoms with Gasteiger partial charge in [0, 0.05) is 70.7 Å². The largest absolute Gasteiger partial charge is 0.247 e. The van der Waals surface area contributed by atoms with Crippen molar-refractivity contribution in [3.05, 3.63) is 340 Å². The van der Waals surface area contributed by atoms with Gasteiger partial charge in [-0.25, -0.2) is 45.7 Å². The minimum Gasteiger partial charge on any atom is -0.247 e. The van der Waals surface area contributed by atoms with Gasteiger partial charge in [0.25, 0.3) is 0 Å². The predicted molar refractivity (Wildman–Crippen MR) is 482 cm³/mol. The van der Waals surface area contributed by atoms with Gasteiger partial charge < -0.3 is 0 Å². The fourth-order valence-electron chi connectivity index (χ4n) is 16.1. The second-order valence-corrected chi connectivity index (χ2v) is 31.0. The summed E-state index contributed by atoms with van der Waals surface area (Å²) in [7, 11) is 0. The van der Waals surface area contributed by atoms with Crippen LogP contribution in [-0.2, 0) is 0 Å². The highest BCUT2D eigenvalue weighted by Gasteiger charge is 2.30. The Hall–Kier alpha value is -18.3. The van der Waals surface area contributed by atoms with E-state index in [1.807, 2.05) is 146 Å². The predicted octanol–water partition coefficient (Wildman–Crippen LogP) is 25.0. The minimum atomic E-state index is -1.75. The third-order valence-electron chi connectivity index (χ3n) is 22.4. The van der Waals surface area contributed by atoms with Gasteiger partial charge in [-0.3, -0.25) is 0 Å². The fraction of sp³-hybridized carbons (Fsp3) is 0. The van der Waals surface area contributed by atoms with Gasteiger partial charge in [0.2, 0.25) is 0 Å². The van der Waals surface area contributed by atoms with E-state index in [4.69, 9.17) is 30.7 Å². The molecular formula is C102H41F7N18S3. The van der Waals surface area contributed by atoms with E-state index in [1.165, 1.54) is 60.3 Å². The first-order valence-electron chi connectivity index (χ1n) is 38.9. The summed E-state index contributed by atoms with van der Waals surface area (Å²) in [4.78, 5) is 15.1. The maximum absolute atomic E-state index is 15.1. The van der Waals surface area contributed by atoms with Crippen LogP contribution in [0.5, 0.6) is 0 Å². The molecule has 21 rings (SSSR count). The summed E-state index contributed by atoms with van der Waals surface area (Å²) in [6, 6.07) is 90.3. The summed E-state index contributed by atoms with van der Waals surface area (Å²) < 4.78 is 130. The lowest BCUT2D eigenvalue weighted by atomic mass is 9.92. The van der Waals surface area contributed by atoms with E-state index in [0.717, 1.165) is 150 Å². The van der Waals surface area contributed by atoms with E-state index in [9.17, 15) is 53.5 Å². The number of pyridine rings is 3. The standard InChI is InChI=1S/C35H15N7S.C34H13F3N6S.C33H13F4N5S/c36-16-20-1-3-22(4-2-20)25-9-10-28-31(15-25)40-34(29-11-12-30-35(33(28)29)42-43-41-30)24-7-5-23(6-8-24)32-26(18-38)13-21(17-37)14-27(32)19-39;35-30-24(15-39)31(36)28(32(37)25(30)16-40)19-5-7-20(8-6-19)33-23-11-12-26-34(43-44-42-26)29(23)22-10-9-21(13-27(22)41-33)18-3-1-17(14-38)2-4-18;34-28-23(15-39)29(35)31(37)26(30(28)36)18-5-7-19(8-6-18)32-22-11-12-24-33(42-43-41-24)27(22)21-10-9-20(13-25(21)40-32)17-3-1-16(14-38)2-4-17/h1-15H;1-13H;1-13H. The van der Waals surface area contributed by atoms with Crippen LogP contribution in [0.3, 0.4) is 0 Å². The molecule has 15 aromatic carbocycles. The maximum atomic E-state index is 15.1. The van der Waals surface area contributed by atoms with Crippen LogP contribution in [0.4, 0.5) is 30.7 Å². The molecule has 0 unspecified atom stereocenters. The fourth-order valence-corrected chi connectivity index (χ4v) is 17.7. The Morgan fingerprint density at radius 3 is 0.754 bits per heavy atom. The van der Waals surface area contributed by atoms with E-state index in [1.54, 1.807) is 60.7 Å². The summed E-state index contributed by atoms with van der Waals surface area (Å²) in [5, 5.41) is 91.5. The third-order valence-corrected chi connectivity index (χ3v) is 24.0. The van der Waals surface area contributed by atoms with Gasteiger partial charge in [-0.2, -0.15) is 73.6 Å². The summed E-state index contributed by atoms with van der Waals surface area (Å²) in [6.45, 7) is 0. The minimum absolute atomic E-state index is 0.0241. The summed E-state index contributed by atoms with van der Waals surface area (Å²) >= 11 is 3.36. The first-order valence-corrected chi connectivity index (χ1v) is 41.1. The zero-order valence-electron chi connectivity index (χ0n) is 66.1. The molecule has 0 saturated carbocycles. The van der Waals surface area contributed by atoms with Crippen molar-refractivity contribution in [1.29, 1.82) is 47.4 Å². The van der Waals surface area contributed by atoms with Crippen LogP contribution in [-0.4, -0.2) is 41.2 Å². The van der Waals surface area contributed by atoms with Gasteiger partial charge in [-0.05, 0) is 153 Å². The Kier molecular flexibility index (Phi) is 20.9. The van der Waals surface area contributed by atoms with Gasteiger partial charge in [0.05, 0.1) is 150 Å². The second kappa shape index (κ2) is 33.4.